The topological polar surface area (TPSA) is 51.2 Å². The van der Waals surface area contributed by atoms with Crippen LogP contribution in [0.25, 0.3) is 0 Å². The Balaban J connectivity index is 2.16. The van der Waals surface area contributed by atoms with Gasteiger partial charge in [-0.25, -0.2) is 5.48 Å². The van der Waals surface area contributed by atoms with E-state index in [4.69, 9.17) is 4.84 Å². The van der Waals surface area contributed by atoms with Crippen molar-refractivity contribution >= 4 is 5.91 Å². The molecule has 0 aliphatic heterocycles. The first-order valence-corrected chi connectivity index (χ1v) is 5.49. The number of amides is 1. The van der Waals surface area contributed by atoms with E-state index < -0.39 is 0 Å². The normalized spacial score (nSPS) is 10.4. The number of nitrogens with zero attached hydrogens (tertiary/aromatic N) is 1. The summed E-state index contributed by atoms with van der Waals surface area (Å²) >= 11 is 0. The lowest BCUT2D eigenvalue weighted by molar-refractivity contribution is -0.134. The quantitative estimate of drug-likeness (QED) is 0.745. The van der Waals surface area contributed by atoms with Gasteiger partial charge in [0.05, 0.1) is 6.61 Å². The number of hydrogen-bond acceptors (Lipinski definition) is 3. The molecule has 1 amide bonds. The molecule has 88 valence electrons. The van der Waals surface area contributed by atoms with Crippen molar-refractivity contribution < 1.29 is 9.63 Å². The largest absolute Gasteiger partial charge is 0.273 e. The van der Waals surface area contributed by atoms with Crippen LogP contribution in [0.15, 0.2) is 24.4 Å². The predicted octanol–water partition coefficient (Wildman–Crippen LogP) is 1.72. The molecule has 1 aromatic rings. The van der Waals surface area contributed by atoms with E-state index in [1.54, 1.807) is 6.20 Å². The summed E-state index contributed by atoms with van der Waals surface area (Å²) in [6.07, 6.45) is 2.76. The second-order valence-corrected chi connectivity index (χ2v) is 4.05. The maximum Gasteiger partial charge on any atom is 0.243 e. The highest BCUT2D eigenvalue weighted by Gasteiger charge is 2.03. The Labute approximate surface area is 96.0 Å². The molecule has 0 atom stereocenters. The first kappa shape index (κ1) is 12.6. The monoisotopic (exact) mass is 222 g/mol. The van der Waals surface area contributed by atoms with Crippen molar-refractivity contribution in [3.05, 3.63) is 30.1 Å². The Morgan fingerprint density at radius 2 is 2.31 bits per heavy atom. The minimum absolute atomic E-state index is 0.105. The molecule has 16 heavy (non-hydrogen) atoms. The van der Waals surface area contributed by atoms with Crippen LogP contribution in [0.4, 0.5) is 0 Å². The molecule has 0 aromatic carbocycles. The van der Waals surface area contributed by atoms with Crippen molar-refractivity contribution in [2.75, 3.05) is 6.61 Å². The van der Waals surface area contributed by atoms with E-state index in [0.29, 0.717) is 25.4 Å². The number of hydroxylamine groups is 1. The van der Waals surface area contributed by atoms with Crippen LogP contribution < -0.4 is 5.48 Å². The molecule has 1 heterocycles. The van der Waals surface area contributed by atoms with Gasteiger partial charge >= 0.3 is 0 Å². The van der Waals surface area contributed by atoms with Gasteiger partial charge < -0.3 is 0 Å². The third kappa shape index (κ3) is 5.46. The smallest absolute Gasteiger partial charge is 0.243 e. The Morgan fingerprint density at radius 3 is 2.94 bits per heavy atom. The van der Waals surface area contributed by atoms with Crippen molar-refractivity contribution in [2.45, 2.75) is 26.7 Å². The van der Waals surface area contributed by atoms with Crippen LogP contribution in [0.5, 0.6) is 0 Å². The Kier molecular flexibility index (Phi) is 5.50. The lowest BCUT2D eigenvalue weighted by Crippen LogP contribution is -2.25. The molecule has 1 rings (SSSR count). The van der Waals surface area contributed by atoms with E-state index in [-0.39, 0.29) is 5.91 Å². The van der Waals surface area contributed by atoms with E-state index in [1.807, 2.05) is 32.0 Å². The number of hydrogen-bond donors (Lipinski definition) is 1. The number of pyridine rings is 1. The highest BCUT2D eigenvalue weighted by Crippen LogP contribution is 1.98. The van der Waals surface area contributed by atoms with Crippen LogP contribution >= 0.6 is 0 Å². The molecule has 0 bridgehead atoms. The molecule has 4 heteroatoms. The summed E-state index contributed by atoms with van der Waals surface area (Å²) in [7, 11) is 0. The summed E-state index contributed by atoms with van der Waals surface area (Å²) in [5, 5.41) is 0. The molecule has 0 saturated heterocycles. The zero-order valence-corrected chi connectivity index (χ0v) is 9.77. The molecule has 4 nitrogen and oxygen atoms in total. The standard InChI is InChI=1S/C12H18N2O2/c1-10(2)9-16-14-12(15)7-6-11-5-3-4-8-13-11/h3-5,8,10H,6-7,9H2,1-2H3,(H,14,15). The van der Waals surface area contributed by atoms with Crippen molar-refractivity contribution in [2.24, 2.45) is 5.92 Å². The Bertz CT molecular complexity index is 312. The van der Waals surface area contributed by atoms with Crippen molar-refractivity contribution in [1.29, 1.82) is 0 Å². The van der Waals surface area contributed by atoms with Gasteiger partial charge in [-0.05, 0) is 24.5 Å². The first-order chi connectivity index (χ1) is 7.68. The molecule has 0 saturated carbocycles. The van der Waals surface area contributed by atoms with Crippen LogP contribution in [0, 0.1) is 5.92 Å². The number of carbonyl (C=O) groups excluding carboxylic acids is 1. The van der Waals surface area contributed by atoms with Gasteiger partial charge in [0.15, 0.2) is 0 Å². The predicted molar refractivity (Wildman–Crippen MR) is 61.5 cm³/mol. The highest BCUT2D eigenvalue weighted by atomic mass is 16.6. The van der Waals surface area contributed by atoms with Gasteiger partial charge in [0, 0.05) is 18.3 Å². The minimum atomic E-state index is -0.105. The van der Waals surface area contributed by atoms with Gasteiger partial charge in [0.2, 0.25) is 5.91 Å². The van der Waals surface area contributed by atoms with Gasteiger partial charge in [-0.15, -0.1) is 0 Å². The van der Waals surface area contributed by atoms with Crippen molar-refractivity contribution in [1.82, 2.24) is 10.5 Å². The van der Waals surface area contributed by atoms with Crippen LogP contribution in [-0.4, -0.2) is 17.5 Å². The fourth-order valence-corrected chi connectivity index (χ4v) is 1.13. The van der Waals surface area contributed by atoms with E-state index in [9.17, 15) is 4.79 Å². The molecule has 1 aromatic heterocycles. The second kappa shape index (κ2) is 6.95. The van der Waals surface area contributed by atoms with Crippen LogP contribution in [0.2, 0.25) is 0 Å². The molecule has 0 spiro atoms. The number of aromatic nitrogens is 1. The van der Waals surface area contributed by atoms with Crippen LogP contribution in [-0.2, 0) is 16.1 Å². The zero-order chi connectivity index (χ0) is 11.8. The zero-order valence-electron chi connectivity index (χ0n) is 9.77. The van der Waals surface area contributed by atoms with E-state index in [1.165, 1.54) is 0 Å². The maximum absolute atomic E-state index is 11.3. The highest BCUT2D eigenvalue weighted by molar-refractivity contribution is 5.74. The minimum Gasteiger partial charge on any atom is -0.273 e. The number of aryl methyl sites for hydroxylation is 1. The Morgan fingerprint density at radius 1 is 1.50 bits per heavy atom. The number of nitrogens with one attached hydrogen (secondary N) is 1. The molecule has 0 fully saturated rings. The SMILES string of the molecule is CC(C)CONC(=O)CCc1ccccn1. The van der Waals surface area contributed by atoms with E-state index in [0.717, 1.165) is 5.69 Å². The van der Waals surface area contributed by atoms with Crippen LogP contribution in [0.1, 0.15) is 26.0 Å². The summed E-state index contributed by atoms with van der Waals surface area (Å²) in [6, 6.07) is 5.67. The summed E-state index contributed by atoms with van der Waals surface area (Å²) < 4.78 is 0. The Hall–Kier alpha value is -1.42. The van der Waals surface area contributed by atoms with Crippen molar-refractivity contribution in [3.63, 3.8) is 0 Å². The van der Waals surface area contributed by atoms with Gasteiger partial charge in [-0.1, -0.05) is 19.9 Å². The van der Waals surface area contributed by atoms with Gasteiger partial charge in [-0.2, -0.15) is 0 Å². The molecule has 0 aliphatic carbocycles. The third-order valence-electron chi connectivity index (χ3n) is 1.94. The lowest BCUT2D eigenvalue weighted by atomic mass is 10.2. The summed E-state index contributed by atoms with van der Waals surface area (Å²) in [5.74, 6) is 0.308. The first-order valence-electron chi connectivity index (χ1n) is 5.49. The molecule has 0 radical (unpaired) electrons. The van der Waals surface area contributed by atoms with Gasteiger partial charge in [0.1, 0.15) is 0 Å². The van der Waals surface area contributed by atoms with E-state index >= 15 is 0 Å². The van der Waals surface area contributed by atoms with E-state index in [2.05, 4.69) is 10.5 Å². The fourth-order valence-electron chi connectivity index (χ4n) is 1.13. The average molecular weight is 222 g/mol. The molecular weight excluding hydrogens is 204 g/mol. The second-order valence-electron chi connectivity index (χ2n) is 4.05. The van der Waals surface area contributed by atoms with Crippen LogP contribution in [0.3, 0.4) is 0 Å². The summed E-state index contributed by atoms with van der Waals surface area (Å²) in [4.78, 5) is 20.5. The number of carbonyl (C=O) groups is 1. The van der Waals surface area contributed by atoms with Gasteiger partial charge in [-0.3, -0.25) is 14.6 Å². The summed E-state index contributed by atoms with van der Waals surface area (Å²) in [5.41, 5.74) is 3.34. The fraction of sp³-hybridized carbons (Fsp3) is 0.500. The number of rotatable bonds is 6. The lowest BCUT2D eigenvalue weighted by Gasteiger charge is -2.07. The average Bonchev–Trinajstić information content (AvgIpc) is 2.27. The van der Waals surface area contributed by atoms with Gasteiger partial charge in [0.25, 0.3) is 0 Å². The summed E-state index contributed by atoms with van der Waals surface area (Å²) in [6.45, 7) is 4.59. The third-order valence-corrected chi connectivity index (χ3v) is 1.94. The maximum atomic E-state index is 11.3. The molecule has 0 unspecified atom stereocenters. The van der Waals surface area contributed by atoms with Crippen molar-refractivity contribution in [3.8, 4) is 0 Å². The molecule has 0 aliphatic rings. The molecule has 1 N–H and O–H groups in total. The molecular formula is C12H18N2O2.